The Morgan fingerprint density at radius 1 is 1.06 bits per heavy atom. The van der Waals surface area contributed by atoms with E-state index >= 15 is 0 Å². The van der Waals surface area contributed by atoms with Crippen LogP contribution in [-0.2, 0) is 30.2 Å². The number of hydrogen-bond acceptors (Lipinski definition) is 5. The lowest BCUT2D eigenvalue weighted by Crippen LogP contribution is -2.22. The molecule has 0 unspecified atom stereocenters. The largest absolute Gasteiger partial charge is 0.435 e. The molecule has 4 aromatic rings. The van der Waals surface area contributed by atoms with Gasteiger partial charge in [0.1, 0.15) is 5.65 Å². The van der Waals surface area contributed by atoms with Crippen LogP contribution < -0.4 is 10.9 Å². The number of benzene rings is 1. The highest BCUT2D eigenvalue weighted by atomic mass is 32.1. The summed E-state index contributed by atoms with van der Waals surface area (Å²) in [7, 11) is 0. The smallest absolute Gasteiger partial charge is 0.362 e. The van der Waals surface area contributed by atoms with E-state index in [2.05, 4.69) is 15.4 Å². The van der Waals surface area contributed by atoms with Crippen molar-refractivity contribution in [3.63, 3.8) is 0 Å². The van der Waals surface area contributed by atoms with Gasteiger partial charge in [-0.3, -0.25) is 10.1 Å². The fourth-order valence-corrected chi connectivity index (χ4v) is 4.03. The van der Waals surface area contributed by atoms with E-state index in [4.69, 9.17) is 4.74 Å². The third-order valence-corrected chi connectivity index (χ3v) is 5.66. The molecule has 34 heavy (non-hydrogen) atoms. The lowest BCUT2D eigenvalue weighted by atomic mass is 10.1. The van der Waals surface area contributed by atoms with Gasteiger partial charge in [0, 0.05) is 23.2 Å². The van der Waals surface area contributed by atoms with Gasteiger partial charge in [0.25, 0.3) is 5.56 Å². The molecule has 3 aromatic heterocycles. The number of thiophene rings is 1. The maximum atomic E-state index is 13.5. The number of aromatic nitrogens is 3. The van der Waals surface area contributed by atoms with Crippen molar-refractivity contribution in [1.29, 1.82) is 0 Å². The first kappa shape index (κ1) is 24.0. The van der Waals surface area contributed by atoms with Crippen LogP contribution in [0.25, 0.3) is 16.1 Å². The lowest BCUT2D eigenvalue weighted by Gasteiger charge is -2.09. The number of H-pyrrole nitrogens is 1. The summed E-state index contributed by atoms with van der Waals surface area (Å²) >= 11 is 1.09. The molecule has 0 bridgehead atoms. The van der Waals surface area contributed by atoms with Crippen molar-refractivity contribution >= 4 is 17.0 Å². The summed E-state index contributed by atoms with van der Waals surface area (Å²) in [6, 6.07) is 8.75. The second kappa shape index (κ2) is 9.24. The van der Waals surface area contributed by atoms with E-state index in [1.807, 2.05) is 0 Å². The van der Waals surface area contributed by atoms with Crippen molar-refractivity contribution in [2.45, 2.75) is 25.5 Å². The van der Waals surface area contributed by atoms with Crippen LogP contribution in [0.3, 0.4) is 0 Å². The molecular weight excluding hydrogens is 486 g/mol. The predicted molar refractivity (Wildman–Crippen MR) is 112 cm³/mol. The molecule has 0 amide bonds. The van der Waals surface area contributed by atoms with Crippen molar-refractivity contribution < 1.29 is 31.1 Å². The van der Waals surface area contributed by atoms with Crippen molar-refractivity contribution in [2.75, 3.05) is 6.73 Å². The molecular formula is C21H16F6N4O2S. The summed E-state index contributed by atoms with van der Waals surface area (Å²) in [6.07, 6.45) is -9.17. The van der Waals surface area contributed by atoms with Gasteiger partial charge in [0.15, 0.2) is 5.69 Å². The maximum absolute atomic E-state index is 13.5. The summed E-state index contributed by atoms with van der Waals surface area (Å²) < 4.78 is 84.5. The van der Waals surface area contributed by atoms with Crippen molar-refractivity contribution in [1.82, 2.24) is 19.9 Å². The minimum Gasteiger partial charge on any atom is -0.362 e. The van der Waals surface area contributed by atoms with Crippen LogP contribution >= 0.6 is 11.3 Å². The van der Waals surface area contributed by atoms with Crippen LogP contribution in [-0.4, -0.2) is 21.3 Å². The SMILES string of the molecule is O=c1cc(CNCOCc2ccc(C(F)(F)F)cc2)[nH]c2c(-c3cccs3)c(C(F)(F)F)nn12. The zero-order valence-electron chi connectivity index (χ0n) is 17.1. The minimum absolute atomic E-state index is 0.0148. The van der Waals surface area contributed by atoms with Gasteiger partial charge >= 0.3 is 12.4 Å². The van der Waals surface area contributed by atoms with Crippen LogP contribution in [0.4, 0.5) is 26.3 Å². The molecule has 0 saturated carbocycles. The molecule has 1 aromatic carbocycles. The molecule has 0 spiro atoms. The Kier molecular flexibility index (Phi) is 6.51. The van der Waals surface area contributed by atoms with E-state index < -0.39 is 29.2 Å². The fourth-order valence-electron chi connectivity index (χ4n) is 3.26. The number of nitrogens with one attached hydrogen (secondary N) is 2. The molecule has 0 atom stereocenters. The van der Waals surface area contributed by atoms with Crippen LogP contribution in [0.15, 0.2) is 52.6 Å². The van der Waals surface area contributed by atoms with Gasteiger partial charge in [0.05, 0.1) is 24.5 Å². The first-order chi connectivity index (χ1) is 16.0. The van der Waals surface area contributed by atoms with Gasteiger partial charge in [0.2, 0.25) is 0 Å². The molecule has 0 saturated heterocycles. The zero-order chi connectivity index (χ0) is 24.5. The summed E-state index contributed by atoms with van der Waals surface area (Å²) in [5, 5.41) is 7.97. The van der Waals surface area contributed by atoms with E-state index in [1.54, 1.807) is 11.4 Å². The second-order valence-corrected chi connectivity index (χ2v) is 8.15. The van der Waals surface area contributed by atoms with E-state index in [1.165, 1.54) is 18.2 Å². The minimum atomic E-state index is -4.75. The molecule has 180 valence electrons. The summed E-state index contributed by atoms with van der Waals surface area (Å²) in [5.41, 5.74) is -2.10. The highest BCUT2D eigenvalue weighted by Crippen LogP contribution is 2.39. The van der Waals surface area contributed by atoms with Crippen LogP contribution in [0.2, 0.25) is 0 Å². The molecule has 0 fully saturated rings. The van der Waals surface area contributed by atoms with Gasteiger partial charge in [-0.15, -0.1) is 11.3 Å². The number of aromatic amines is 1. The van der Waals surface area contributed by atoms with E-state index in [0.29, 0.717) is 20.6 Å². The standard InChI is InChI=1S/C21H16F6N4O2S/c22-20(23,24)13-5-3-12(4-6-13)10-33-11-28-9-14-8-16(32)31-19(29-14)17(15-2-1-7-34-15)18(30-31)21(25,26)27/h1-8,28-29H,9-11H2. The van der Waals surface area contributed by atoms with Crippen molar-refractivity contribution in [2.24, 2.45) is 0 Å². The average Bonchev–Trinajstić information content (AvgIpc) is 3.40. The molecule has 3 heterocycles. The van der Waals surface area contributed by atoms with E-state index in [9.17, 15) is 31.1 Å². The number of nitrogens with zero attached hydrogens (tertiary/aromatic N) is 2. The Bertz CT molecular complexity index is 1330. The lowest BCUT2D eigenvalue weighted by molar-refractivity contribution is -0.141. The van der Waals surface area contributed by atoms with Gasteiger partial charge in [-0.1, -0.05) is 18.2 Å². The molecule has 0 aliphatic carbocycles. The monoisotopic (exact) mass is 502 g/mol. The van der Waals surface area contributed by atoms with E-state index in [0.717, 1.165) is 29.5 Å². The number of alkyl halides is 6. The Labute approximate surface area is 191 Å². The molecule has 6 nitrogen and oxygen atoms in total. The third-order valence-electron chi connectivity index (χ3n) is 4.78. The van der Waals surface area contributed by atoms with Crippen LogP contribution in [0, 0.1) is 0 Å². The third kappa shape index (κ3) is 5.16. The molecule has 0 radical (unpaired) electrons. The first-order valence-electron chi connectivity index (χ1n) is 9.74. The predicted octanol–water partition coefficient (Wildman–Crippen LogP) is 5.05. The quantitative estimate of drug-likeness (QED) is 0.211. The number of ether oxygens (including phenoxy) is 1. The summed E-state index contributed by atoms with van der Waals surface area (Å²) in [4.78, 5) is 15.5. The molecule has 13 heteroatoms. The topological polar surface area (TPSA) is 71.4 Å². The van der Waals surface area contributed by atoms with E-state index in [-0.39, 0.29) is 31.1 Å². The normalized spacial score (nSPS) is 12.5. The molecule has 2 N–H and O–H groups in total. The highest BCUT2D eigenvalue weighted by molar-refractivity contribution is 7.13. The van der Waals surface area contributed by atoms with Gasteiger partial charge < -0.3 is 9.72 Å². The Balaban J connectivity index is 1.45. The second-order valence-electron chi connectivity index (χ2n) is 7.21. The average molecular weight is 502 g/mol. The first-order valence-corrected chi connectivity index (χ1v) is 10.6. The molecule has 0 aliphatic rings. The van der Waals surface area contributed by atoms with Crippen LogP contribution in [0.5, 0.6) is 0 Å². The van der Waals surface area contributed by atoms with Crippen LogP contribution in [0.1, 0.15) is 22.5 Å². The Morgan fingerprint density at radius 3 is 2.41 bits per heavy atom. The number of fused-ring (bicyclic) bond motifs is 1. The number of halogens is 6. The Hall–Kier alpha value is -3.16. The fraction of sp³-hybridized carbons (Fsp3) is 0.238. The summed E-state index contributed by atoms with van der Waals surface area (Å²) in [6.45, 7) is 0.0923. The highest BCUT2D eigenvalue weighted by Gasteiger charge is 2.39. The molecule has 0 aliphatic heterocycles. The van der Waals surface area contributed by atoms with Gasteiger partial charge in [-0.05, 0) is 29.1 Å². The van der Waals surface area contributed by atoms with Crippen molar-refractivity contribution in [3.05, 3.63) is 80.7 Å². The Morgan fingerprint density at radius 2 is 1.79 bits per heavy atom. The van der Waals surface area contributed by atoms with Gasteiger partial charge in [-0.25, -0.2) is 0 Å². The number of rotatable bonds is 7. The number of hydrogen-bond donors (Lipinski definition) is 2. The van der Waals surface area contributed by atoms with Crippen molar-refractivity contribution in [3.8, 4) is 10.4 Å². The summed E-state index contributed by atoms with van der Waals surface area (Å²) in [5.74, 6) is 0. The maximum Gasteiger partial charge on any atom is 0.435 e. The van der Waals surface area contributed by atoms with Gasteiger partial charge in [-0.2, -0.15) is 36.0 Å². The molecule has 4 rings (SSSR count). The zero-order valence-corrected chi connectivity index (χ0v) is 17.9.